The van der Waals surface area contributed by atoms with E-state index >= 15 is 0 Å². The summed E-state index contributed by atoms with van der Waals surface area (Å²) in [6.45, 7) is 2.32. The monoisotopic (exact) mass is 418 g/mol. The average Bonchev–Trinajstić information content (AvgIpc) is 3.31. The number of aliphatic hydroxyl groups excluding tert-OH is 1. The molecule has 6 heteroatoms. The second-order valence-corrected chi connectivity index (χ2v) is 7.19. The molecule has 0 aliphatic rings. The highest BCUT2D eigenvalue weighted by molar-refractivity contribution is 6.03. The van der Waals surface area contributed by atoms with Gasteiger partial charge in [0.05, 0.1) is 12.4 Å². The lowest BCUT2D eigenvalue weighted by atomic mass is 10.0. The van der Waals surface area contributed by atoms with Crippen LogP contribution < -0.4 is 10.6 Å². The molecular weight excluding hydrogens is 392 g/mol. The molecule has 0 aliphatic heterocycles. The van der Waals surface area contributed by atoms with Crippen molar-refractivity contribution in [1.82, 2.24) is 5.32 Å². The zero-order valence-corrected chi connectivity index (χ0v) is 17.3. The Morgan fingerprint density at radius 2 is 1.87 bits per heavy atom. The minimum atomic E-state index is -0.649. The molecule has 2 atom stereocenters. The van der Waals surface area contributed by atoms with Crippen molar-refractivity contribution in [3.05, 3.63) is 96.0 Å². The summed E-state index contributed by atoms with van der Waals surface area (Å²) in [7, 11) is 0. The first-order valence-electron chi connectivity index (χ1n) is 10.1. The highest BCUT2D eigenvalue weighted by Crippen LogP contribution is 2.16. The Bertz CT molecular complexity index is 1010. The van der Waals surface area contributed by atoms with Gasteiger partial charge in [0.1, 0.15) is 5.76 Å². The van der Waals surface area contributed by atoms with E-state index in [0.29, 0.717) is 23.6 Å². The van der Waals surface area contributed by atoms with Crippen molar-refractivity contribution in [2.45, 2.75) is 25.5 Å². The van der Waals surface area contributed by atoms with Gasteiger partial charge in [0.15, 0.2) is 5.78 Å². The Hall–Kier alpha value is -3.48. The summed E-state index contributed by atoms with van der Waals surface area (Å²) in [6, 6.07) is 19.5. The molecule has 0 radical (unpaired) electrons. The molecule has 6 nitrogen and oxygen atoms in total. The quantitative estimate of drug-likeness (QED) is 0.339. The van der Waals surface area contributed by atoms with Gasteiger partial charge in [-0.2, -0.15) is 0 Å². The van der Waals surface area contributed by atoms with Gasteiger partial charge in [-0.25, -0.2) is 0 Å². The van der Waals surface area contributed by atoms with Crippen LogP contribution >= 0.6 is 0 Å². The van der Waals surface area contributed by atoms with Crippen LogP contribution in [0.15, 0.2) is 83.5 Å². The molecule has 0 saturated carbocycles. The predicted octanol–water partition coefficient (Wildman–Crippen LogP) is 4.22. The Balaban J connectivity index is 1.48. The molecule has 160 valence electrons. The van der Waals surface area contributed by atoms with E-state index in [1.54, 1.807) is 42.5 Å². The molecule has 2 unspecified atom stereocenters. The van der Waals surface area contributed by atoms with Gasteiger partial charge >= 0.3 is 0 Å². The number of furan rings is 1. The van der Waals surface area contributed by atoms with Crippen molar-refractivity contribution < 1.29 is 19.1 Å². The van der Waals surface area contributed by atoms with E-state index in [0.717, 1.165) is 5.56 Å². The van der Waals surface area contributed by atoms with Gasteiger partial charge in [0.25, 0.3) is 0 Å². The van der Waals surface area contributed by atoms with E-state index in [1.807, 2.05) is 37.3 Å². The summed E-state index contributed by atoms with van der Waals surface area (Å²) in [4.78, 5) is 24.6. The topological polar surface area (TPSA) is 91.6 Å². The van der Waals surface area contributed by atoms with Gasteiger partial charge in [-0.1, -0.05) is 42.5 Å². The Morgan fingerprint density at radius 3 is 2.61 bits per heavy atom. The van der Waals surface area contributed by atoms with E-state index in [2.05, 4.69) is 10.6 Å². The fourth-order valence-corrected chi connectivity index (χ4v) is 3.11. The second-order valence-electron chi connectivity index (χ2n) is 7.19. The predicted molar refractivity (Wildman–Crippen MR) is 121 cm³/mol. The molecule has 0 fully saturated rings. The van der Waals surface area contributed by atoms with E-state index in [9.17, 15) is 14.7 Å². The number of amides is 1. The van der Waals surface area contributed by atoms with Crippen LogP contribution in [-0.2, 0) is 4.79 Å². The largest absolute Gasteiger partial charge is 0.465 e. The highest BCUT2D eigenvalue weighted by Gasteiger charge is 2.16. The van der Waals surface area contributed by atoms with Gasteiger partial charge in [-0.15, -0.1) is 0 Å². The zero-order chi connectivity index (χ0) is 22.1. The minimum Gasteiger partial charge on any atom is -0.465 e. The number of Topliss-reactive ketones (excluding diaryl/α,β-unsaturated/α-hetero) is 1. The van der Waals surface area contributed by atoms with Gasteiger partial charge in [0.2, 0.25) is 5.91 Å². The van der Waals surface area contributed by atoms with Crippen molar-refractivity contribution in [2.24, 2.45) is 0 Å². The van der Waals surface area contributed by atoms with Crippen LogP contribution in [0.2, 0.25) is 0 Å². The van der Waals surface area contributed by atoms with Crippen molar-refractivity contribution in [3.63, 3.8) is 0 Å². The summed E-state index contributed by atoms with van der Waals surface area (Å²) in [5, 5.41) is 16.3. The normalized spacial score (nSPS) is 13.1. The number of rotatable bonds is 10. The summed E-state index contributed by atoms with van der Waals surface area (Å²) < 4.78 is 5.15. The number of anilines is 1. The van der Waals surface area contributed by atoms with Crippen LogP contribution in [0.3, 0.4) is 0 Å². The summed E-state index contributed by atoms with van der Waals surface area (Å²) in [6.07, 6.45) is 4.10. The molecule has 1 amide bonds. The number of hydrogen-bond acceptors (Lipinski definition) is 5. The van der Waals surface area contributed by atoms with Crippen molar-refractivity contribution in [1.29, 1.82) is 0 Å². The minimum absolute atomic E-state index is 0.0453. The number of benzene rings is 2. The first kappa shape index (κ1) is 22.2. The number of nitrogens with one attached hydrogen (secondary N) is 2. The first-order valence-corrected chi connectivity index (χ1v) is 10.1. The number of hydrogen-bond donors (Lipinski definition) is 3. The summed E-state index contributed by atoms with van der Waals surface area (Å²) >= 11 is 0. The van der Waals surface area contributed by atoms with Crippen molar-refractivity contribution >= 4 is 23.5 Å². The van der Waals surface area contributed by atoms with Crippen LogP contribution in [0.25, 0.3) is 6.08 Å². The number of carbonyl (C=O) groups is 2. The second kappa shape index (κ2) is 11.1. The SMILES string of the molecule is CC(NCCC(=O)c1cccc(NC(=O)/C=C/c2ccco2)c1)C(O)c1ccccc1. The molecule has 0 spiro atoms. The lowest BCUT2D eigenvalue weighted by Gasteiger charge is -2.20. The van der Waals surface area contributed by atoms with Gasteiger partial charge < -0.3 is 20.2 Å². The van der Waals surface area contributed by atoms with Crippen LogP contribution in [0, 0.1) is 0 Å². The third-order valence-electron chi connectivity index (χ3n) is 4.83. The van der Waals surface area contributed by atoms with Gasteiger partial charge in [0, 0.05) is 36.3 Å². The van der Waals surface area contributed by atoms with Crippen LogP contribution in [-0.4, -0.2) is 29.4 Å². The van der Waals surface area contributed by atoms with E-state index in [4.69, 9.17) is 4.42 Å². The molecule has 31 heavy (non-hydrogen) atoms. The van der Waals surface area contributed by atoms with E-state index < -0.39 is 6.10 Å². The van der Waals surface area contributed by atoms with Crippen LogP contribution in [0.1, 0.15) is 41.1 Å². The van der Waals surface area contributed by atoms with Crippen molar-refractivity contribution in [3.8, 4) is 0 Å². The van der Waals surface area contributed by atoms with Gasteiger partial charge in [-0.05, 0) is 42.8 Å². The Labute approximate surface area is 181 Å². The fraction of sp³-hybridized carbons (Fsp3) is 0.200. The molecule has 3 aromatic rings. The smallest absolute Gasteiger partial charge is 0.248 e. The summed E-state index contributed by atoms with van der Waals surface area (Å²) in [5.74, 6) is 0.223. The molecule has 0 bridgehead atoms. The van der Waals surface area contributed by atoms with Crippen molar-refractivity contribution in [2.75, 3.05) is 11.9 Å². The maximum Gasteiger partial charge on any atom is 0.248 e. The zero-order valence-electron chi connectivity index (χ0n) is 17.3. The molecule has 1 aromatic heterocycles. The lowest BCUT2D eigenvalue weighted by Crippen LogP contribution is -2.33. The molecule has 3 rings (SSSR count). The molecule has 1 heterocycles. The molecule has 0 aliphatic carbocycles. The van der Waals surface area contributed by atoms with E-state index in [1.165, 1.54) is 12.3 Å². The molecular formula is C25H26N2O4. The van der Waals surface area contributed by atoms with E-state index in [-0.39, 0.29) is 24.2 Å². The maximum atomic E-state index is 12.5. The number of aliphatic hydroxyl groups is 1. The Morgan fingerprint density at radius 1 is 1.06 bits per heavy atom. The third kappa shape index (κ3) is 6.77. The van der Waals surface area contributed by atoms with Crippen LogP contribution in [0.4, 0.5) is 5.69 Å². The molecule has 3 N–H and O–H groups in total. The third-order valence-corrected chi connectivity index (χ3v) is 4.83. The lowest BCUT2D eigenvalue weighted by molar-refractivity contribution is -0.111. The first-order chi connectivity index (χ1) is 15.0. The maximum absolute atomic E-state index is 12.5. The fourth-order valence-electron chi connectivity index (χ4n) is 3.11. The standard InChI is InChI=1S/C25H26N2O4/c1-18(25(30)19-7-3-2-4-8-19)26-15-14-23(28)20-9-5-10-21(17-20)27-24(29)13-12-22-11-6-16-31-22/h2-13,16-18,25-26,30H,14-15H2,1H3,(H,27,29)/b13-12+. The van der Waals surface area contributed by atoms with Crippen LogP contribution in [0.5, 0.6) is 0 Å². The number of ketones is 1. The highest BCUT2D eigenvalue weighted by atomic mass is 16.3. The molecule has 2 aromatic carbocycles. The molecule has 0 saturated heterocycles. The van der Waals surface area contributed by atoms with Gasteiger partial charge in [-0.3, -0.25) is 9.59 Å². The number of carbonyl (C=O) groups excluding carboxylic acids is 2. The summed E-state index contributed by atoms with van der Waals surface area (Å²) in [5.41, 5.74) is 1.89. The Kier molecular flexibility index (Phi) is 7.92. The average molecular weight is 418 g/mol.